The van der Waals surface area contributed by atoms with E-state index in [0.29, 0.717) is 22.3 Å². The molecule has 1 aromatic carbocycles. The summed E-state index contributed by atoms with van der Waals surface area (Å²) in [6.07, 6.45) is 7.81. The van der Waals surface area contributed by atoms with Gasteiger partial charge in [0.2, 0.25) is 0 Å². The van der Waals surface area contributed by atoms with Crippen molar-refractivity contribution in [3.8, 4) is 11.5 Å². The van der Waals surface area contributed by atoms with Crippen LogP contribution < -0.4 is 10.4 Å². The maximum atomic E-state index is 12.6. The number of aromatic hydroxyl groups is 1. The Morgan fingerprint density at radius 2 is 1.93 bits per heavy atom. The van der Waals surface area contributed by atoms with Gasteiger partial charge in [0.25, 0.3) is 0 Å². The van der Waals surface area contributed by atoms with Crippen molar-refractivity contribution in [2.24, 2.45) is 0 Å². The molecule has 0 amide bonds. The number of rotatable bonds is 7. The molecule has 1 aliphatic rings. The van der Waals surface area contributed by atoms with Crippen LogP contribution in [-0.4, -0.2) is 22.4 Å². The van der Waals surface area contributed by atoms with Crippen LogP contribution in [0.3, 0.4) is 0 Å². The number of hydrogen-bond donors (Lipinski definition) is 2. The lowest BCUT2D eigenvalue weighted by atomic mass is 9.84. The summed E-state index contributed by atoms with van der Waals surface area (Å²) in [5.41, 5.74) is 2.33. The predicted molar refractivity (Wildman–Crippen MR) is 115 cm³/mol. The van der Waals surface area contributed by atoms with E-state index in [1.165, 1.54) is 11.6 Å². The van der Waals surface area contributed by atoms with E-state index in [1.807, 2.05) is 20.8 Å². The molecule has 2 atom stereocenters. The molecule has 0 spiro atoms. The van der Waals surface area contributed by atoms with Crippen molar-refractivity contribution in [1.82, 2.24) is 0 Å². The van der Waals surface area contributed by atoms with E-state index in [2.05, 4.69) is 19.1 Å². The van der Waals surface area contributed by atoms with Crippen molar-refractivity contribution >= 4 is 11.0 Å². The molecule has 0 unspecified atom stereocenters. The highest BCUT2D eigenvalue weighted by atomic mass is 16.5. The smallest absolute Gasteiger partial charge is 0.343 e. The predicted octanol–water partition coefficient (Wildman–Crippen LogP) is 5.20. The van der Waals surface area contributed by atoms with Gasteiger partial charge in [-0.3, -0.25) is 0 Å². The van der Waals surface area contributed by atoms with Gasteiger partial charge in [0.15, 0.2) is 0 Å². The van der Waals surface area contributed by atoms with E-state index < -0.39 is 11.2 Å². The maximum absolute atomic E-state index is 12.6. The Morgan fingerprint density at radius 3 is 2.66 bits per heavy atom. The van der Waals surface area contributed by atoms with E-state index in [1.54, 1.807) is 12.1 Å². The molecular weight excluding hydrogens is 368 g/mol. The van der Waals surface area contributed by atoms with Gasteiger partial charge < -0.3 is 19.4 Å². The molecule has 0 fully saturated rings. The van der Waals surface area contributed by atoms with Crippen molar-refractivity contribution in [3.05, 3.63) is 57.5 Å². The van der Waals surface area contributed by atoms with E-state index in [4.69, 9.17) is 14.3 Å². The van der Waals surface area contributed by atoms with Crippen LogP contribution in [0.25, 0.3) is 11.0 Å². The lowest BCUT2D eigenvalue weighted by Crippen LogP contribution is -2.33. The van der Waals surface area contributed by atoms with Crippen molar-refractivity contribution in [3.63, 3.8) is 0 Å². The molecule has 5 heteroatoms. The van der Waals surface area contributed by atoms with Gasteiger partial charge in [-0.15, -0.1) is 0 Å². The minimum Gasteiger partial charge on any atom is -0.508 e. The van der Waals surface area contributed by atoms with Crippen LogP contribution in [-0.2, 0) is 0 Å². The molecular formula is C24H30O5. The summed E-state index contributed by atoms with van der Waals surface area (Å²) in [7, 11) is 0. The second-order valence-corrected chi connectivity index (χ2v) is 8.29. The third-order valence-electron chi connectivity index (χ3n) is 5.98. The van der Waals surface area contributed by atoms with E-state index in [9.17, 15) is 9.90 Å². The first-order chi connectivity index (χ1) is 13.7. The summed E-state index contributed by atoms with van der Waals surface area (Å²) in [4.78, 5) is 12.6. The molecule has 3 rings (SSSR count). The molecule has 1 aliphatic heterocycles. The highest BCUT2D eigenvalue weighted by Gasteiger charge is 2.44. The van der Waals surface area contributed by atoms with Crippen LogP contribution in [0.2, 0.25) is 0 Å². The SMILES string of the molecule is C/C(=C\CC/C(C)=C/CC[C@@]1(C)Oc2c(c(=O)oc3cc(O)ccc23)[C@H]1C)CO. The summed E-state index contributed by atoms with van der Waals surface area (Å²) in [6, 6.07) is 4.75. The molecule has 1 aromatic heterocycles. The number of phenols is 1. The third kappa shape index (κ3) is 4.40. The lowest BCUT2D eigenvalue weighted by Gasteiger charge is -2.28. The van der Waals surface area contributed by atoms with Gasteiger partial charge in [0.05, 0.1) is 17.6 Å². The van der Waals surface area contributed by atoms with Crippen molar-refractivity contribution < 1.29 is 19.4 Å². The maximum Gasteiger partial charge on any atom is 0.343 e. The average Bonchev–Trinajstić information content (AvgIpc) is 2.93. The molecule has 29 heavy (non-hydrogen) atoms. The van der Waals surface area contributed by atoms with Crippen LogP contribution in [0, 0.1) is 0 Å². The molecule has 2 aromatic rings. The van der Waals surface area contributed by atoms with Crippen molar-refractivity contribution in [2.45, 2.75) is 64.9 Å². The van der Waals surface area contributed by atoms with Gasteiger partial charge in [0.1, 0.15) is 22.7 Å². The third-order valence-corrected chi connectivity index (χ3v) is 5.98. The largest absolute Gasteiger partial charge is 0.508 e. The zero-order chi connectivity index (χ0) is 21.2. The number of aliphatic hydroxyl groups excluding tert-OH is 1. The van der Waals surface area contributed by atoms with Crippen LogP contribution in [0.15, 0.2) is 50.7 Å². The molecule has 5 nitrogen and oxygen atoms in total. The quantitative estimate of drug-likeness (QED) is 0.495. The second kappa shape index (κ2) is 8.46. The molecule has 0 aliphatic carbocycles. The minimum atomic E-state index is -0.493. The molecule has 2 heterocycles. The Hall–Kier alpha value is -2.53. The van der Waals surface area contributed by atoms with Crippen LogP contribution in [0.1, 0.15) is 64.9 Å². The fraction of sp³-hybridized carbons (Fsp3) is 0.458. The number of allylic oxidation sites excluding steroid dienone is 3. The van der Waals surface area contributed by atoms with Gasteiger partial charge in [-0.1, -0.05) is 30.2 Å². The van der Waals surface area contributed by atoms with Crippen LogP contribution in [0.4, 0.5) is 0 Å². The summed E-state index contributed by atoms with van der Waals surface area (Å²) in [6.45, 7) is 8.21. The zero-order valence-corrected chi connectivity index (χ0v) is 17.6. The molecule has 156 valence electrons. The number of fused-ring (bicyclic) bond motifs is 3. The van der Waals surface area contributed by atoms with Crippen LogP contribution in [0.5, 0.6) is 11.5 Å². The monoisotopic (exact) mass is 398 g/mol. The Bertz CT molecular complexity index is 1010. The van der Waals surface area contributed by atoms with Crippen molar-refractivity contribution in [1.29, 1.82) is 0 Å². The van der Waals surface area contributed by atoms with Crippen LogP contribution >= 0.6 is 0 Å². The summed E-state index contributed by atoms with van der Waals surface area (Å²) in [5, 5.41) is 19.4. The molecule has 2 N–H and O–H groups in total. The molecule has 0 bridgehead atoms. The number of benzene rings is 1. The van der Waals surface area contributed by atoms with E-state index in [-0.39, 0.29) is 18.3 Å². The lowest BCUT2D eigenvalue weighted by molar-refractivity contribution is 0.0862. The highest BCUT2D eigenvalue weighted by Crippen LogP contribution is 2.48. The summed E-state index contributed by atoms with van der Waals surface area (Å²) < 4.78 is 11.8. The van der Waals surface area contributed by atoms with Gasteiger partial charge in [0, 0.05) is 12.0 Å². The van der Waals surface area contributed by atoms with Gasteiger partial charge in [-0.25, -0.2) is 4.79 Å². The number of aliphatic hydroxyl groups is 1. The molecule has 0 saturated heterocycles. The van der Waals surface area contributed by atoms with Crippen molar-refractivity contribution in [2.75, 3.05) is 6.61 Å². The highest BCUT2D eigenvalue weighted by molar-refractivity contribution is 5.86. The van der Waals surface area contributed by atoms with E-state index in [0.717, 1.165) is 31.3 Å². The molecule has 0 radical (unpaired) electrons. The average molecular weight is 398 g/mol. The normalized spacial score (nSPS) is 22.0. The summed E-state index contributed by atoms with van der Waals surface area (Å²) >= 11 is 0. The summed E-state index contributed by atoms with van der Waals surface area (Å²) in [5.74, 6) is 0.548. The number of ether oxygens (including phenoxy) is 1. The van der Waals surface area contributed by atoms with Gasteiger partial charge in [-0.05, 0) is 58.6 Å². The molecule has 0 saturated carbocycles. The fourth-order valence-corrected chi connectivity index (χ4v) is 3.87. The second-order valence-electron chi connectivity index (χ2n) is 8.29. The Balaban J connectivity index is 1.74. The van der Waals surface area contributed by atoms with Gasteiger partial charge in [-0.2, -0.15) is 0 Å². The standard InChI is InChI=1S/C24H30O5/c1-15(7-5-8-16(2)14-25)9-6-12-24(4)17(3)21-22(29-24)19-11-10-18(26)13-20(19)28-23(21)27/h8-11,13,17,25-26H,5-7,12,14H2,1-4H3/b15-9+,16-8+/t17-,24-/m1/s1. The Morgan fingerprint density at radius 1 is 1.21 bits per heavy atom. The fourth-order valence-electron chi connectivity index (χ4n) is 3.87. The zero-order valence-electron chi connectivity index (χ0n) is 17.6. The topological polar surface area (TPSA) is 79.9 Å². The number of hydrogen-bond acceptors (Lipinski definition) is 5. The number of phenolic OH excluding ortho intramolecular Hbond substituents is 1. The first-order valence-electron chi connectivity index (χ1n) is 10.2. The first kappa shape index (κ1) is 21.2. The van der Waals surface area contributed by atoms with E-state index >= 15 is 0 Å². The minimum absolute atomic E-state index is 0.0547. The first-order valence-corrected chi connectivity index (χ1v) is 10.2. The Labute approximate surface area is 171 Å². The van der Waals surface area contributed by atoms with Gasteiger partial charge >= 0.3 is 5.63 Å². The Kier molecular flexibility index (Phi) is 6.18.